The van der Waals surface area contributed by atoms with Gasteiger partial charge in [0.1, 0.15) is 6.04 Å². The van der Waals surface area contributed by atoms with Gasteiger partial charge < -0.3 is 21.1 Å². The van der Waals surface area contributed by atoms with E-state index in [-0.39, 0.29) is 5.56 Å². The monoisotopic (exact) mass is 225 g/mol. The molecule has 1 rings (SSSR count). The molecule has 6 nitrogen and oxygen atoms in total. The van der Waals surface area contributed by atoms with Crippen molar-refractivity contribution >= 4 is 11.8 Å². The summed E-state index contributed by atoms with van der Waals surface area (Å²) in [5.41, 5.74) is 5.04. The lowest BCUT2D eigenvalue weighted by Gasteiger charge is -2.07. The number of carbonyl (C=O) groups excluding carboxylic acids is 1. The number of aromatic hydroxyl groups is 2. The van der Waals surface area contributed by atoms with Crippen LogP contribution in [0.25, 0.3) is 0 Å². The third-order valence-corrected chi connectivity index (χ3v) is 2.04. The summed E-state index contributed by atoms with van der Waals surface area (Å²) in [6.07, 6.45) is -0.438. The molecule has 0 aliphatic heterocycles. The predicted octanol–water partition coefficient (Wildman–Crippen LogP) is 0.0825. The van der Waals surface area contributed by atoms with Crippen molar-refractivity contribution < 1.29 is 24.9 Å². The lowest BCUT2D eigenvalue weighted by Crippen LogP contribution is -2.32. The summed E-state index contributed by atoms with van der Waals surface area (Å²) in [6.45, 7) is 0. The fraction of sp³-hybridized carbons (Fsp3) is 0.200. The molecule has 0 aromatic heterocycles. The smallest absolute Gasteiger partial charge is 0.320 e. The van der Waals surface area contributed by atoms with Crippen LogP contribution in [0.15, 0.2) is 18.2 Å². The molecule has 1 aromatic carbocycles. The Morgan fingerprint density at radius 2 is 1.94 bits per heavy atom. The van der Waals surface area contributed by atoms with Crippen molar-refractivity contribution in [2.24, 2.45) is 5.73 Å². The highest BCUT2D eigenvalue weighted by atomic mass is 16.4. The molecule has 1 atom stereocenters. The Kier molecular flexibility index (Phi) is 3.47. The fourth-order valence-electron chi connectivity index (χ4n) is 1.15. The number of ketones is 1. The van der Waals surface area contributed by atoms with E-state index < -0.39 is 35.7 Å². The average molecular weight is 225 g/mol. The van der Waals surface area contributed by atoms with E-state index in [0.717, 1.165) is 0 Å². The zero-order valence-electron chi connectivity index (χ0n) is 8.25. The number of phenolic OH excluding ortho intramolecular Hbond substituents is 2. The highest BCUT2D eigenvalue weighted by Crippen LogP contribution is 2.29. The number of carbonyl (C=O) groups is 2. The Morgan fingerprint density at radius 3 is 2.50 bits per heavy atom. The molecule has 0 aliphatic rings. The molecule has 0 amide bonds. The van der Waals surface area contributed by atoms with Crippen LogP contribution < -0.4 is 5.73 Å². The molecule has 0 unspecified atom stereocenters. The van der Waals surface area contributed by atoms with Gasteiger partial charge >= 0.3 is 5.97 Å². The van der Waals surface area contributed by atoms with E-state index in [0.29, 0.717) is 0 Å². The highest BCUT2D eigenvalue weighted by Gasteiger charge is 2.20. The number of phenols is 2. The van der Waals surface area contributed by atoms with Gasteiger partial charge in [0, 0.05) is 6.42 Å². The number of hydrogen-bond acceptors (Lipinski definition) is 5. The minimum Gasteiger partial charge on any atom is -0.504 e. The summed E-state index contributed by atoms with van der Waals surface area (Å²) in [6, 6.07) is 2.54. The number of para-hydroxylation sites is 1. The van der Waals surface area contributed by atoms with Gasteiger partial charge in [0.15, 0.2) is 17.3 Å². The first-order chi connectivity index (χ1) is 7.43. The Hall–Kier alpha value is -2.08. The van der Waals surface area contributed by atoms with E-state index in [1.165, 1.54) is 18.2 Å². The Morgan fingerprint density at radius 1 is 1.31 bits per heavy atom. The average Bonchev–Trinajstić information content (AvgIpc) is 2.21. The number of aliphatic carboxylic acids is 1. The van der Waals surface area contributed by atoms with Gasteiger partial charge in [0.05, 0.1) is 5.56 Å². The molecule has 1 aromatic rings. The third-order valence-electron chi connectivity index (χ3n) is 2.04. The van der Waals surface area contributed by atoms with Crippen molar-refractivity contribution in [3.8, 4) is 11.5 Å². The van der Waals surface area contributed by atoms with Crippen LogP contribution in [-0.4, -0.2) is 33.1 Å². The van der Waals surface area contributed by atoms with Gasteiger partial charge in [-0.1, -0.05) is 6.07 Å². The lowest BCUT2D eigenvalue weighted by molar-refractivity contribution is -0.138. The first-order valence-electron chi connectivity index (χ1n) is 4.46. The first-order valence-corrected chi connectivity index (χ1v) is 4.46. The minimum atomic E-state index is -1.32. The zero-order chi connectivity index (χ0) is 12.3. The number of carboxylic acids is 1. The molecule has 0 saturated carbocycles. The standard InChI is InChI=1S/C10H11NO5/c11-6(10(15)16)4-8(13)5-2-1-3-7(12)9(5)14/h1-3,6,12,14H,4,11H2,(H,15,16)/t6-/m0/s1. The van der Waals surface area contributed by atoms with Crippen LogP contribution in [0.1, 0.15) is 16.8 Å². The van der Waals surface area contributed by atoms with E-state index in [2.05, 4.69) is 0 Å². The summed E-state index contributed by atoms with van der Waals surface area (Å²) in [7, 11) is 0. The molecule has 6 heteroatoms. The van der Waals surface area contributed by atoms with E-state index in [4.69, 9.17) is 15.9 Å². The van der Waals surface area contributed by atoms with Crippen molar-refractivity contribution in [3.63, 3.8) is 0 Å². The second-order valence-corrected chi connectivity index (χ2v) is 3.25. The number of rotatable bonds is 4. The van der Waals surface area contributed by atoms with E-state index >= 15 is 0 Å². The van der Waals surface area contributed by atoms with Crippen LogP contribution in [0.5, 0.6) is 11.5 Å². The summed E-state index contributed by atoms with van der Waals surface area (Å²) in [5.74, 6) is -2.93. The second kappa shape index (κ2) is 4.63. The maximum Gasteiger partial charge on any atom is 0.320 e. The Labute approximate surface area is 90.9 Å². The summed E-state index contributed by atoms with van der Waals surface area (Å²) in [5, 5.41) is 27.0. The Balaban J connectivity index is 2.89. The molecule has 0 fully saturated rings. The molecule has 0 spiro atoms. The van der Waals surface area contributed by atoms with Crippen molar-refractivity contribution in [2.45, 2.75) is 12.5 Å². The number of carboxylic acid groups (broad SMARTS) is 1. The molecule has 0 bridgehead atoms. The van der Waals surface area contributed by atoms with Crippen molar-refractivity contribution in [3.05, 3.63) is 23.8 Å². The van der Waals surface area contributed by atoms with Crippen LogP contribution in [-0.2, 0) is 4.79 Å². The van der Waals surface area contributed by atoms with Crippen LogP contribution in [0.4, 0.5) is 0 Å². The molecule has 16 heavy (non-hydrogen) atoms. The number of Topliss-reactive ketones (excluding diaryl/α,β-unsaturated/α-hetero) is 1. The quantitative estimate of drug-likeness (QED) is 0.425. The lowest BCUT2D eigenvalue weighted by atomic mass is 10.0. The van der Waals surface area contributed by atoms with Crippen molar-refractivity contribution in [2.75, 3.05) is 0 Å². The molecular weight excluding hydrogens is 214 g/mol. The Bertz CT molecular complexity index is 429. The van der Waals surface area contributed by atoms with Gasteiger partial charge in [-0.25, -0.2) is 0 Å². The van der Waals surface area contributed by atoms with Crippen LogP contribution in [0, 0.1) is 0 Å². The number of nitrogens with two attached hydrogens (primary N) is 1. The molecule has 0 radical (unpaired) electrons. The third kappa shape index (κ3) is 2.48. The highest BCUT2D eigenvalue weighted by molar-refractivity contribution is 6.01. The van der Waals surface area contributed by atoms with Gasteiger partial charge in [-0.15, -0.1) is 0 Å². The van der Waals surface area contributed by atoms with Gasteiger partial charge in [-0.2, -0.15) is 0 Å². The normalized spacial score (nSPS) is 12.1. The first kappa shape index (κ1) is 12.0. The van der Waals surface area contributed by atoms with Crippen LogP contribution in [0.3, 0.4) is 0 Å². The SMILES string of the molecule is N[C@@H](CC(=O)c1cccc(O)c1O)C(=O)O. The largest absolute Gasteiger partial charge is 0.504 e. The molecule has 5 N–H and O–H groups in total. The van der Waals surface area contributed by atoms with Crippen LogP contribution in [0.2, 0.25) is 0 Å². The molecule has 0 heterocycles. The number of benzene rings is 1. The minimum absolute atomic E-state index is 0.142. The summed E-state index contributed by atoms with van der Waals surface area (Å²) < 4.78 is 0. The van der Waals surface area contributed by atoms with E-state index in [1.54, 1.807) is 0 Å². The maximum absolute atomic E-state index is 11.5. The summed E-state index contributed by atoms with van der Waals surface area (Å²) in [4.78, 5) is 21.9. The predicted molar refractivity (Wildman–Crippen MR) is 54.3 cm³/mol. The molecule has 86 valence electrons. The van der Waals surface area contributed by atoms with Gasteiger partial charge in [0.2, 0.25) is 0 Å². The van der Waals surface area contributed by atoms with E-state index in [1.807, 2.05) is 0 Å². The molecule has 0 saturated heterocycles. The molecular formula is C10H11NO5. The van der Waals surface area contributed by atoms with Crippen molar-refractivity contribution in [1.82, 2.24) is 0 Å². The number of hydrogen-bond donors (Lipinski definition) is 4. The van der Waals surface area contributed by atoms with Crippen molar-refractivity contribution in [1.29, 1.82) is 0 Å². The topological polar surface area (TPSA) is 121 Å². The van der Waals surface area contributed by atoms with Crippen LogP contribution >= 0.6 is 0 Å². The van der Waals surface area contributed by atoms with E-state index in [9.17, 15) is 14.7 Å². The zero-order valence-corrected chi connectivity index (χ0v) is 8.25. The second-order valence-electron chi connectivity index (χ2n) is 3.25. The van der Waals surface area contributed by atoms with Gasteiger partial charge in [-0.05, 0) is 12.1 Å². The van der Waals surface area contributed by atoms with Gasteiger partial charge in [-0.3, -0.25) is 9.59 Å². The fourth-order valence-corrected chi connectivity index (χ4v) is 1.15. The summed E-state index contributed by atoms with van der Waals surface area (Å²) >= 11 is 0. The molecule has 0 aliphatic carbocycles. The maximum atomic E-state index is 11.5. The van der Waals surface area contributed by atoms with Gasteiger partial charge in [0.25, 0.3) is 0 Å².